The van der Waals surface area contributed by atoms with E-state index in [2.05, 4.69) is 14.9 Å². The van der Waals surface area contributed by atoms with Gasteiger partial charge in [-0.15, -0.1) is 0 Å². The highest BCUT2D eigenvalue weighted by molar-refractivity contribution is 5.20. The van der Waals surface area contributed by atoms with Crippen molar-refractivity contribution in [1.82, 2.24) is 14.9 Å². The Morgan fingerprint density at radius 2 is 2.11 bits per heavy atom. The molecule has 2 heterocycles. The third-order valence-electron chi connectivity index (χ3n) is 3.50. The number of para-hydroxylation sites is 1. The van der Waals surface area contributed by atoms with Gasteiger partial charge in [-0.05, 0) is 18.6 Å². The maximum absolute atomic E-state index is 5.70. The molecule has 0 radical (unpaired) electrons. The summed E-state index contributed by atoms with van der Waals surface area (Å²) in [7, 11) is 0. The van der Waals surface area contributed by atoms with Crippen molar-refractivity contribution in [1.29, 1.82) is 0 Å². The minimum atomic E-state index is 0.637. The number of ether oxygens (including phenoxy) is 1. The molecule has 0 saturated carbocycles. The smallest absolute Gasteiger partial charge is 0.119 e. The van der Waals surface area contributed by atoms with E-state index in [1.807, 2.05) is 42.9 Å². The van der Waals surface area contributed by atoms with Crippen molar-refractivity contribution >= 4 is 0 Å². The molecule has 0 aliphatic carbocycles. The van der Waals surface area contributed by atoms with Gasteiger partial charge in [0.25, 0.3) is 0 Å². The molecule has 4 heteroatoms. The van der Waals surface area contributed by atoms with Crippen LogP contribution in [0.3, 0.4) is 0 Å². The molecule has 1 aliphatic rings. The first-order valence-electron chi connectivity index (χ1n) is 6.82. The van der Waals surface area contributed by atoms with Crippen molar-refractivity contribution in [2.75, 3.05) is 19.7 Å². The zero-order chi connectivity index (χ0) is 12.9. The monoisotopic (exact) mass is 257 g/mol. The quantitative estimate of drug-likeness (QED) is 0.805. The molecule has 1 fully saturated rings. The summed E-state index contributed by atoms with van der Waals surface area (Å²) in [6.07, 6.45) is 4.91. The second kappa shape index (κ2) is 5.89. The highest BCUT2D eigenvalue weighted by Crippen LogP contribution is 2.19. The number of rotatable bonds is 6. The number of nitrogens with one attached hydrogen (secondary N) is 1. The predicted molar refractivity (Wildman–Crippen MR) is 74.4 cm³/mol. The fraction of sp³-hybridized carbons (Fsp3) is 0.400. The Bertz CT molecular complexity index is 505. The van der Waals surface area contributed by atoms with Gasteiger partial charge in [0.1, 0.15) is 5.75 Å². The molecule has 0 spiro atoms. The minimum absolute atomic E-state index is 0.637. The number of benzene rings is 1. The van der Waals surface area contributed by atoms with E-state index in [0.717, 1.165) is 38.4 Å². The molecule has 0 amide bonds. The molecule has 1 saturated heterocycles. The van der Waals surface area contributed by atoms with Crippen LogP contribution in [-0.4, -0.2) is 29.2 Å². The van der Waals surface area contributed by atoms with Crippen molar-refractivity contribution in [2.45, 2.75) is 18.9 Å². The molecule has 0 bridgehead atoms. The Labute approximate surface area is 113 Å². The number of nitrogens with zero attached hydrogens (tertiary/aromatic N) is 2. The molecular formula is C15H19N3O. The van der Waals surface area contributed by atoms with Gasteiger partial charge < -0.3 is 14.6 Å². The summed E-state index contributed by atoms with van der Waals surface area (Å²) in [6, 6.07) is 9.96. The van der Waals surface area contributed by atoms with Crippen molar-refractivity contribution < 1.29 is 4.74 Å². The summed E-state index contributed by atoms with van der Waals surface area (Å²) in [6.45, 7) is 3.86. The van der Waals surface area contributed by atoms with Crippen molar-refractivity contribution in [3.8, 4) is 5.75 Å². The van der Waals surface area contributed by atoms with Gasteiger partial charge in [0.15, 0.2) is 0 Å². The fourth-order valence-electron chi connectivity index (χ4n) is 2.30. The van der Waals surface area contributed by atoms with Crippen LogP contribution in [0.1, 0.15) is 18.0 Å². The average molecular weight is 257 g/mol. The van der Waals surface area contributed by atoms with Crippen molar-refractivity contribution in [3.63, 3.8) is 0 Å². The van der Waals surface area contributed by atoms with E-state index in [1.54, 1.807) is 0 Å². The molecule has 1 N–H and O–H groups in total. The molecule has 0 unspecified atom stereocenters. The lowest BCUT2D eigenvalue weighted by atomic mass is 10.00. The molecule has 1 aromatic carbocycles. The second-order valence-corrected chi connectivity index (χ2v) is 4.88. The molecule has 2 aromatic rings. The number of aryl methyl sites for hydroxylation is 1. The summed E-state index contributed by atoms with van der Waals surface area (Å²) >= 11 is 0. The summed E-state index contributed by atoms with van der Waals surface area (Å²) in [5.41, 5.74) is 1.35. The normalized spacial score (nSPS) is 15.2. The number of hydrogen-bond donors (Lipinski definition) is 1. The Hall–Kier alpha value is -1.81. The fourth-order valence-corrected chi connectivity index (χ4v) is 2.30. The predicted octanol–water partition coefficient (Wildman–Crippen LogP) is 2.04. The second-order valence-electron chi connectivity index (χ2n) is 4.88. The van der Waals surface area contributed by atoms with Gasteiger partial charge in [0.05, 0.1) is 12.9 Å². The highest BCUT2D eigenvalue weighted by Gasteiger charge is 2.21. The van der Waals surface area contributed by atoms with E-state index in [4.69, 9.17) is 4.74 Å². The SMILES string of the molecule is c1ccc(OCCCn2cncc2C2CNC2)cc1. The number of aromatic nitrogens is 2. The number of hydrogen-bond acceptors (Lipinski definition) is 3. The van der Waals surface area contributed by atoms with E-state index in [9.17, 15) is 0 Å². The first-order chi connectivity index (χ1) is 9.43. The van der Waals surface area contributed by atoms with Crippen LogP contribution in [0.4, 0.5) is 0 Å². The molecule has 1 aliphatic heterocycles. The molecule has 19 heavy (non-hydrogen) atoms. The minimum Gasteiger partial charge on any atom is -0.494 e. The van der Waals surface area contributed by atoms with Gasteiger partial charge in [-0.25, -0.2) is 4.98 Å². The van der Waals surface area contributed by atoms with E-state index in [1.165, 1.54) is 5.69 Å². The summed E-state index contributed by atoms with van der Waals surface area (Å²) in [4.78, 5) is 4.26. The van der Waals surface area contributed by atoms with Gasteiger partial charge in [-0.2, -0.15) is 0 Å². The summed E-state index contributed by atoms with van der Waals surface area (Å²) < 4.78 is 7.95. The molecule has 4 nitrogen and oxygen atoms in total. The van der Waals surface area contributed by atoms with Gasteiger partial charge in [-0.1, -0.05) is 18.2 Å². The van der Waals surface area contributed by atoms with Crippen molar-refractivity contribution in [2.24, 2.45) is 0 Å². The zero-order valence-electron chi connectivity index (χ0n) is 11.0. The van der Waals surface area contributed by atoms with Gasteiger partial charge in [-0.3, -0.25) is 0 Å². The third-order valence-corrected chi connectivity index (χ3v) is 3.50. The average Bonchev–Trinajstić information content (AvgIpc) is 2.82. The first-order valence-corrected chi connectivity index (χ1v) is 6.82. The van der Waals surface area contributed by atoms with E-state index in [-0.39, 0.29) is 0 Å². The van der Waals surface area contributed by atoms with Crippen LogP contribution in [0.15, 0.2) is 42.9 Å². The maximum atomic E-state index is 5.70. The third kappa shape index (κ3) is 2.96. The standard InChI is InChI=1S/C15H19N3O/c1-2-5-14(6-3-1)19-8-4-7-18-12-17-11-15(18)13-9-16-10-13/h1-3,5-6,11-13,16H,4,7-10H2. The van der Waals surface area contributed by atoms with Gasteiger partial charge in [0.2, 0.25) is 0 Å². The van der Waals surface area contributed by atoms with Crippen LogP contribution in [0.5, 0.6) is 5.75 Å². The van der Waals surface area contributed by atoms with E-state index in [0.29, 0.717) is 5.92 Å². The Balaban J connectivity index is 1.46. The van der Waals surface area contributed by atoms with E-state index < -0.39 is 0 Å². The molecular weight excluding hydrogens is 238 g/mol. The molecule has 0 atom stereocenters. The Kier molecular flexibility index (Phi) is 3.79. The summed E-state index contributed by atoms with van der Waals surface area (Å²) in [5, 5.41) is 3.30. The molecule has 3 rings (SSSR count). The van der Waals surface area contributed by atoms with Crippen LogP contribution in [0.2, 0.25) is 0 Å². The van der Waals surface area contributed by atoms with Crippen LogP contribution in [0.25, 0.3) is 0 Å². The Morgan fingerprint density at radius 1 is 1.26 bits per heavy atom. The maximum Gasteiger partial charge on any atom is 0.119 e. The van der Waals surface area contributed by atoms with Gasteiger partial charge in [0, 0.05) is 37.4 Å². The first kappa shape index (κ1) is 12.2. The van der Waals surface area contributed by atoms with Crippen LogP contribution >= 0.6 is 0 Å². The lowest BCUT2D eigenvalue weighted by Gasteiger charge is -2.27. The molecule has 1 aromatic heterocycles. The van der Waals surface area contributed by atoms with Crippen molar-refractivity contribution in [3.05, 3.63) is 48.5 Å². The van der Waals surface area contributed by atoms with E-state index >= 15 is 0 Å². The zero-order valence-corrected chi connectivity index (χ0v) is 11.0. The Morgan fingerprint density at radius 3 is 2.84 bits per heavy atom. The lowest BCUT2D eigenvalue weighted by Crippen LogP contribution is -2.40. The van der Waals surface area contributed by atoms with Crippen LogP contribution in [-0.2, 0) is 6.54 Å². The largest absolute Gasteiger partial charge is 0.494 e. The van der Waals surface area contributed by atoms with Crippen LogP contribution < -0.4 is 10.1 Å². The number of imidazole rings is 1. The highest BCUT2D eigenvalue weighted by atomic mass is 16.5. The topological polar surface area (TPSA) is 39.1 Å². The summed E-state index contributed by atoms with van der Waals surface area (Å²) in [5.74, 6) is 1.58. The lowest BCUT2D eigenvalue weighted by molar-refractivity contribution is 0.299. The van der Waals surface area contributed by atoms with Crippen LogP contribution in [0, 0.1) is 0 Å². The van der Waals surface area contributed by atoms with Gasteiger partial charge >= 0.3 is 0 Å². The molecule has 100 valence electrons.